The second-order valence-electron chi connectivity index (χ2n) is 13.3. The fraction of sp³-hybridized carbons (Fsp3) is 0.385. The Balaban J connectivity index is 1.34. The van der Waals surface area contributed by atoms with Crippen LogP contribution < -0.4 is 4.74 Å². The number of ketones is 1. The van der Waals surface area contributed by atoms with Crippen LogP contribution in [-0.4, -0.2) is 79.2 Å². The number of rotatable bonds is 10. The van der Waals surface area contributed by atoms with Gasteiger partial charge in [-0.2, -0.15) is 0 Å². The first-order chi connectivity index (χ1) is 23.5. The van der Waals surface area contributed by atoms with Crippen LogP contribution in [0.1, 0.15) is 87.4 Å². The molecule has 1 fully saturated rings. The zero-order valence-corrected chi connectivity index (χ0v) is 27.5. The Morgan fingerprint density at radius 2 is 1.61 bits per heavy atom. The zero-order chi connectivity index (χ0) is 35.0. The van der Waals surface area contributed by atoms with Crippen molar-refractivity contribution >= 4 is 22.5 Å². The Hall–Kier alpha value is -4.32. The van der Waals surface area contributed by atoms with E-state index in [-0.39, 0.29) is 52.2 Å². The number of carbonyl (C=O) groups excluding carboxylic acids is 1. The number of hydrogen-bond acceptors (Lipinski definition) is 9. The van der Waals surface area contributed by atoms with Gasteiger partial charge in [0.25, 0.3) is 0 Å². The van der Waals surface area contributed by atoms with E-state index in [0.29, 0.717) is 11.5 Å². The summed E-state index contributed by atoms with van der Waals surface area (Å²) in [7, 11) is 0. The molecule has 0 spiro atoms. The van der Waals surface area contributed by atoms with Crippen molar-refractivity contribution in [2.45, 2.75) is 88.0 Å². The van der Waals surface area contributed by atoms with E-state index in [0.717, 1.165) is 30.9 Å². The monoisotopic (exact) mass is 670 g/mol. The highest BCUT2D eigenvalue weighted by atomic mass is 16.7. The van der Waals surface area contributed by atoms with Crippen LogP contribution >= 0.6 is 0 Å². The topological polar surface area (TPSA) is 174 Å². The molecule has 0 radical (unpaired) electrons. The number of fused-ring (bicyclic) bond motifs is 2. The Kier molecular flexibility index (Phi) is 9.79. The van der Waals surface area contributed by atoms with Crippen molar-refractivity contribution in [3.05, 3.63) is 106 Å². The number of aryl methyl sites for hydroxylation is 1. The lowest BCUT2D eigenvalue weighted by Gasteiger charge is -2.47. The molecule has 1 aliphatic heterocycles. The largest absolute Gasteiger partial charge is 0.506 e. The molecule has 0 bridgehead atoms. The molecule has 6 N–H and O–H groups in total. The standard InChI is InChI=1S/C39H42O10/c1-3-39(47)31(20-40)49-38(35(43)36(39)44)48-30-19-26(37(45)46)17-25-15-21(2)32(34(42)33(25)30)29(41)18-24-14-13-23(16-22-9-5-4-6-10-22)27-11-7-8-12-28(24)27/h4-12,15,17,19,23-24,31,35-36,38,40,42-44,47H,3,13-14,16,18,20H2,1-2H3,(H,45,46)/t23-,24-,31+,35+,36+,38+,39-/m0/s1. The first-order valence-electron chi connectivity index (χ1n) is 16.7. The number of aliphatic hydroxyl groups is 4. The summed E-state index contributed by atoms with van der Waals surface area (Å²) in [5.74, 6) is -1.96. The summed E-state index contributed by atoms with van der Waals surface area (Å²) in [6.07, 6.45) is -3.89. The van der Waals surface area contributed by atoms with E-state index < -0.39 is 48.5 Å². The van der Waals surface area contributed by atoms with Gasteiger partial charge in [-0.05, 0) is 84.2 Å². The zero-order valence-electron chi connectivity index (χ0n) is 27.5. The molecule has 49 heavy (non-hydrogen) atoms. The van der Waals surface area contributed by atoms with Gasteiger partial charge in [-0.3, -0.25) is 4.79 Å². The third kappa shape index (κ3) is 6.42. The summed E-state index contributed by atoms with van der Waals surface area (Å²) < 4.78 is 11.6. The molecule has 4 aromatic carbocycles. The first kappa shape index (κ1) is 34.5. The molecule has 7 atom stereocenters. The van der Waals surface area contributed by atoms with Gasteiger partial charge in [0.05, 0.1) is 23.1 Å². The van der Waals surface area contributed by atoms with Crippen molar-refractivity contribution in [3.8, 4) is 11.5 Å². The molecule has 4 aromatic rings. The van der Waals surface area contributed by atoms with Gasteiger partial charge < -0.3 is 40.1 Å². The van der Waals surface area contributed by atoms with E-state index in [1.807, 2.05) is 30.3 Å². The Labute approximate surface area is 284 Å². The molecule has 2 aliphatic rings. The molecular weight excluding hydrogens is 628 g/mol. The van der Waals surface area contributed by atoms with Crippen LogP contribution in [0.2, 0.25) is 0 Å². The Morgan fingerprint density at radius 3 is 2.27 bits per heavy atom. The minimum Gasteiger partial charge on any atom is -0.506 e. The molecule has 1 aliphatic carbocycles. The average Bonchev–Trinajstić information content (AvgIpc) is 3.09. The Bertz CT molecular complexity index is 1850. The number of carbonyl (C=O) groups is 2. The minimum absolute atomic E-state index is 0.0214. The highest BCUT2D eigenvalue weighted by molar-refractivity contribution is 6.09. The summed E-state index contributed by atoms with van der Waals surface area (Å²) in [6, 6.07) is 22.6. The van der Waals surface area contributed by atoms with Gasteiger partial charge in [0, 0.05) is 6.42 Å². The molecule has 10 nitrogen and oxygen atoms in total. The third-order valence-corrected chi connectivity index (χ3v) is 10.3. The Morgan fingerprint density at radius 1 is 0.959 bits per heavy atom. The molecule has 258 valence electrons. The van der Waals surface area contributed by atoms with Crippen molar-refractivity contribution in [3.63, 3.8) is 0 Å². The number of aromatic carboxylic acids is 1. The number of ether oxygens (including phenoxy) is 2. The quantitative estimate of drug-likeness (QED) is 0.126. The van der Waals surface area contributed by atoms with Crippen molar-refractivity contribution in [2.75, 3.05) is 6.61 Å². The lowest BCUT2D eigenvalue weighted by atomic mass is 9.72. The maximum absolute atomic E-state index is 14.1. The van der Waals surface area contributed by atoms with E-state index in [1.54, 1.807) is 19.9 Å². The number of hydrogen-bond donors (Lipinski definition) is 6. The van der Waals surface area contributed by atoms with Crippen molar-refractivity contribution in [2.24, 2.45) is 0 Å². The lowest BCUT2D eigenvalue weighted by molar-refractivity contribution is -0.313. The second-order valence-corrected chi connectivity index (χ2v) is 13.3. The predicted molar refractivity (Wildman–Crippen MR) is 181 cm³/mol. The molecule has 0 unspecified atom stereocenters. The number of aliphatic hydroxyl groups excluding tert-OH is 3. The molecule has 1 saturated heterocycles. The molecule has 0 saturated carbocycles. The van der Waals surface area contributed by atoms with E-state index >= 15 is 0 Å². The smallest absolute Gasteiger partial charge is 0.335 e. The van der Waals surface area contributed by atoms with E-state index in [9.17, 15) is 40.2 Å². The summed E-state index contributed by atoms with van der Waals surface area (Å²) in [5.41, 5.74) is 1.94. The minimum atomic E-state index is -1.98. The van der Waals surface area contributed by atoms with E-state index in [2.05, 4.69) is 24.3 Å². The van der Waals surface area contributed by atoms with Crippen LogP contribution in [0.3, 0.4) is 0 Å². The van der Waals surface area contributed by atoms with Gasteiger partial charge in [0.2, 0.25) is 6.29 Å². The highest BCUT2D eigenvalue weighted by Crippen LogP contribution is 2.45. The predicted octanol–water partition coefficient (Wildman–Crippen LogP) is 4.99. The van der Waals surface area contributed by atoms with Gasteiger partial charge in [-0.15, -0.1) is 0 Å². The molecule has 1 heterocycles. The molecule has 0 aromatic heterocycles. The molecule has 0 amide bonds. The van der Waals surface area contributed by atoms with Crippen LogP contribution in [-0.2, 0) is 11.2 Å². The van der Waals surface area contributed by atoms with Gasteiger partial charge in [0.15, 0.2) is 5.78 Å². The van der Waals surface area contributed by atoms with E-state index in [4.69, 9.17) is 9.47 Å². The van der Waals surface area contributed by atoms with Crippen molar-refractivity contribution < 1.29 is 49.7 Å². The van der Waals surface area contributed by atoms with Crippen LogP contribution in [0.4, 0.5) is 0 Å². The molecule has 10 heteroatoms. The SMILES string of the molecule is CC[C@@]1(O)[C@H](O)[C@@H](O)[C@H](Oc2cc(C(=O)O)cc3cc(C)c(C(=O)C[C@@H]4CC[C@@H](Cc5ccccc5)c5ccccc54)c(O)c23)O[C@@H]1CO. The first-order valence-corrected chi connectivity index (χ1v) is 16.7. The average molecular weight is 671 g/mol. The number of phenols is 1. The fourth-order valence-corrected chi connectivity index (χ4v) is 7.66. The summed E-state index contributed by atoms with van der Waals surface area (Å²) in [6.45, 7) is 2.53. The number of carboxylic acid groups (broad SMARTS) is 1. The summed E-state index contributed by atoms with van der Waals surface area (Å²) >= 11 is 0. The van der Waals surface area contributed by atoms with Gasteiger partial charge >= 0.3 is 5.97 Å². The number of Topliss-reactive ketones (excluding diaryl/α,β-unsaturated/α-hetero) is 1. The van der Waals surface area contributed by atoms with E-state index in [1.165, 1.54) is 17.2 Å². The molecular formula is C39H42O10. The van der Waals surface area contributed by atoms with Crippen molar-refractivity contribution in [1.29, 1.82) is 0 Å². The van der Waals surface area contributed by atoms with Crippen molar-refractivity contribution in [1.82, 2.24) is 0 Å². The second kappa shape index (κ2) is 13.9. The maximum atomic E-state index is 14.1. The maximum Gasteiger partial charge on any atom is 0.335 e. The normalized spacial score (nSPS) is 26.7. The fourth-order valence-electron chi connectivity index (χ4n) is 7.66. The number of aromatic hydroxyl groups is 1. The van der Waals surface area contributed by atoms with Gasteiger partial charge in [-0.25, -0.2) is 4.79 Å². The summed E-state index contributed by atoms with van der Waals surface area (Å²) in [4.78, 5) is 26.2. The number of phenolic OH excluding ortho intramolecular Hbond substituents is 1. The van der Waals surface area contributed by atoms with Crippen LogP contribution in [0.25, 0.3) is 10.8 Å². The number of carboxylic acids is 1. The summed E-state index contributed by atoms with van der Waals surface area (Å²) in [5, 5.41) is 64.3. The lowest BCUT2D eigenvalue weighted by Crippen LogP contribution is -2.67. The van der Waals surface area contributed by atoms with Crippen LogP contribution in [0.15, 0.2) is 72.8 Å². The molecule has 6 rings (SSSR count). The van der Waals surface area contributed by atoms with Crippen LogP contribution in [0.5, 0.6) is 11.5 Å². The number of benzene rings is 4. The van der Waals surface area contributed by atoms with Gasteiger partial charge in [0.1, 0.15) is 35.4 Å². The van der Waals surface area contributed by atoms with Gasteiger partial charge in [-0.1, -0.05) is 67.6 Å². The third-order valence-electron chi connectivity index (χ3n) is 10.3. The van der Waals surface area contributed by atoms with Crippen LogP contribution in [0, 0.1) is 6.92 Å². The highest BCUT2D eigenvalue weighted by Gasteiger charge is 2.54.